The maximum Gasteiger partial charge on any atom is 0.341 e. The highest BCUT2D eigenvalue weighted by atomic mass is 16.5. The molecule has 0 heterocycles. The fourth-order valence-corrected chi connectivity index (χ4v) is 1.30. The van der Waals surface area contributed by atoms with Crippen LogP contribution in [0.4, 0.5) is 5.69 Å². The molecular weight excluding hydrogens is 222 g/mol. The van der Waals surface area contributed by atoms with Gasteiger partial charge < -0.3 is 19.9 Å². The molecule has 0 aliphatic rings. The third-order valence-corrected chi connectivity index (χ3v) is 2.10. The van der Waals surface area contributed by atoms with Crippen LogP contribution in [-0.2, 0) is 9.47 Å². The summed E-state index contributed by atoms with van der Waals surface area (Å²) in [6.45, 7) is 3.39. The molecule has 1 rings (SSSR count). The van der Waals surface area contributed by atoms with Crippen molar-refractivity contribution in [3.8, 4) is 5.75 Å². The van der Waals surface area contributed by atoms with Gasteiger partial charge in [-0.25, -0.2) is 4.79 Å². The van der Waals surface area contributed by atoms with Crippen LogP contribution in [0.5, 0.6) is 5.75 Å². The van der Waals surface area contributed by atoms with Gasteiger partial charge in [-0.05, 0) is 25.1 Å². The lowest BCUT2D eigenvalue weighted by Crippen LogP contribution is -2.10. The molecule has 94 valence electrons. The number of hydrogen-bond acceptors (Lipinski definition) is 5. The van der Waals surface area contributed by atoms with Crippen molar-refractivity contribution in [2.75, 3.05) is 32.7 Å². The second kappa shape index (κ2) is 6.75. The van der Waals surface area contributed by atoms with Crippen molar-refractivity contribution < 1.29 is 19.0 Å². The zero-order valence-corrected chi connectivity index (χ0v) is 10.1. The number of methoxy groups -OCH3 is 1. The molecule has 0 aliphatic carbocycles. The molecule has 0 radical (unpaired) electrons. The molecular formula is C12H17NO4. The number of carbonyl (C=O) groups excluding carboxylic acids is 1. The Balaban J connectivity index is 2.72. The maximum absolute atomic E-state index is 11.5. The van der Waals surface area contributed by atoms with Gasteiger partial charge in [0.15, 0.2) is 0 Å². The molecule has 5 nitrogen and oxygen atoms in total. The van der Waals surface area contributed by atoms with Crippen molar-refractivity contribution in [1.82, 2.24) is 0 Å². The molecule has 0 saturated heterocycles. The number of carbonyl (C=O) groups is 1. The number of anilines is 1. The maximum atomic E-state index is 11.5. The summed E-state index contributed by atoms with van der Waals surface area (Å²) < 4.78 is 15.2. The minimum atomic E-state index is -0.469. The lowest BCUT2D eigenvalue weighted by Gasteiger charge is -2.10. The smallest absolute Gasteiger partial charge is 0.341 e. The number of hydrogen-bond donors (Lipinski definition) is 1. The van der Waals surface area contributed by atoms with Crippen molar-refractivity contribution in [2.45, 2.75) is 6.92 Å². The Morgan fingerprint density at radius 2 is 2.12 bits per heavy atom. The third kappa shape index (κ3) is 3.96. The highest BCUT2D eigenvalue weighted by molar-refractivity contribution is 5.93. The van der Waals surface area contributed by atoms with Gasteiger partial charge >= 0.3 is 5.97 Å². The zero-order valence-electron chi connectivity index (χ0n) is 10.1. The Labute approximate surface area is 100 Å². The van der Waals surface area contributed by atoms with Crippen molar-refractivity contribution in [1.29, 1.82) is 0 Å². The first kappa shape index (κ1) is 13.3. The summed E-state index contributed by atoms with van der Waals surface area (Å²) in [5.41, 5.74) is 6.42. The second-order valence-electron chi connectivity index (χ2n) is 3.29. The van der Waals surface area contributed by atoms with Crippen LogP contribution in [0, 0.1) is 0 Å². The monoisotopic (exact) mass is 239 g/mol. The van der Waals surface area contributed by atoms with E-state index in [9.17, 15) is 4.79 Å². The van der Waals surface area contributed by atoms with E-state index >= 15 is 0 Å². The van der Waals surface area contributed by atoms with Crippen molar-refractivity contribution >= 4 is 11.7 Å². The number of ether oxygens (including phenoxy) is 3. The van der Waals surface area contributed by atoms with Crippen molar-refractivity contribution in [3.05, 3.63) is 23.8 Å². The van der Waals surface area contributed by atoms with Crippen LogP contribution < -0.4 is 10.5 Å². The highest BCUT2D eigenvalue weighted by Crippen LogP contribution is 2.22. The molecule has 5 heteroatoms. The third-order valence-electron chi connectivity index (χ3n) is 2.10. The van der Waals surface area contributed by atoms with E-state index in [2.05, 4.69) is 4.74 Å². The Hall–Kier alpha value is -1.75. The summed E-state index contributed by atoms with van der Waals surface area (Å²) in [5.74, 6) is -0.0190. The quantitative estimate of drug-likeness (QED) is 0.462. The standard InChI is InChI=1S/C12H17NO4/c1-3-16-6-7-17-11-5-4-9(13)8-10(11)12(14)15-2/h4-5,8H,3,6-7,13H2,1-2H3. The molecule has 1 aromatic rings. The minimum absolute atomic E-state index is 0.323. The van der Waals surface area contributed by atoms with E-state index in [1.165, 1.54) is 13.2 Å². The van der Waals surface area contributed by atoms with Crippen LogP contribution in [-0.4, -0.2) is 32.9 Å². The number of esters is 1. The Kier molecular flexibility index (Phi) is 5.29. The zero-order chi connectivity index (χ0) is 12.7. The summed E-state index contributed by atoms with van der Waals surface area (Å²) in [5, 5.41) is 0. The van der Waals surface area contributed by atoms with E-state index < -0.39 is 5.97 Å². The lowest BCUT2D eigenvalue weighted by molar-refractivity contribution is 0.0592. The Morgan fingerprint density at radius 1 is 1.35 bits per heavy atom. The minimum Gasteiger partial charge on any atom is -0.490 e. The van der Waals surface area contributed by atoms with Gasteiger partial charge in [0.1, 0.15) is 17.9 Å². The first-order valence-corrected chi connectivity index (χ1v) is 5.37. The number of benzene rings is 1. The number of rotatable bonds is 6. The van der Waals surface area contributed by atoms with E-state index in [0.717, 1.165) is 0 Å². The summed E-state index contributed by atoms with van der Waals surface area (Å²) in [7, 11) is 1.31. The molecule has 17 heavy (non-hydrogen) atoms. The largest absolute Gasteiger partial charge is 0.490 e. The van der Waals surface area contributed by atoms with Crippen LogP contribution in [0.25, 0.3) is 0 Å². The fourth-order valence-electron chi connectivity index (χ4n) is 1.30. The van der Waals surface area contributed by atoms with Gasteiger partial charge in [0, 0.05) is 12.3 Å². The predicted octanol–water partition coefficient (Wildman–Crippen LogP) is 1.47. The van der Waals surface area contributed by atoms with Crippen LogP contribution in [0.3, 0.4) is 0 Å². The van der Waals surface area contributed by atoms with Crippen LogP contribution in [0.1, 0.15) is 17.3 Å². The van der Waals surface area contributed by atoms with Gasteiger partial charge in [-0.15, -0.1) is 0 Å². The molecule has 0 saturated carbocycles. The van der Waals surface area contributed by atoms with Gasteiger partial charge in [0.05, 0.1) is 13.7 Å². The van der Waals surface area contributed by atoms with E-state index in [4.69, 9.17) is 15.2 Å². The first-order chi connectivity index (χ1) is 8.19. The average Bonchev–Trinajstić information content (AvgIpc) is 2.35. The highest BCUT2D eigenvalue weighted by Gasteiger charge is 2.13. The fraction of sp³-hybridized carbons (Fsp3) is 0.417. The topological polar surface area (TPSA) is 70.8 Å². The van der Waals surface area contributed by atoms with E-state index in [-0.39, 0.29) is 0 Å². The summed E-state index contributed by atoms with van der Waals surface area (Å²) >= 11 is 0. The van der Waals surface area contributed by atoms with Crippen molar-refractivity contribution in [2.24, 2.45) is 0 Å². The predicted molar refractivity (Wildman–Crippen MR) is 64.2 cm³/mol. The first-order valence-electron chi connectivity index (χ1n) is 5.37. The molecule has 0 fully saturated rings. The Bertz CT molecular complexity index is 379. The second-order valence-corrected chi connectivity index (χ2v) is 3.29. The average molecular weight is 239 g/mol. The van der Waals surface area contributed by atoms with Gasteiger partial charge in [0.2, 0.25) is 0 Å². The Morgan fingerprint density at radius 3 is 2.76 bits per heavy atom. The van der Waals surface area contributed by atoms with Crippen molar-refractivity contribution in [3.63, 3.8) is 0 Å². The SMILES string of the molecule is CCOCCOc1ccc(N)cc1C(=O)OC. The summed E-state index contributed by atoms with van der Waals surface area (Å²) in [4.78, 5) is 11.5. The molecule has 1 aromatic carbocycles. The normalized spacial score (nSPS) is 10.0. The van der Waals surface area contributed by atoms with Crippen LogP contribution >= 0.6 is 0 Å². The lowest BCUT2D eigenvalue weighted by atomic mass is 10.2. The summed E-state index contributed by atoms with van der Waals surface area (Å²) in [6, 6.07) is 4.85. The van der Waals surface area contributed by atoms with Crippen LogP contribution in [0.2, 0.25) is 0 Å². The van der Waals surface area contributed by atoms with Gasteiger partial charge in [-0.1, -0.05) is 0 Å². The summed E-state index contributed by atoms with van der Waals surface area (Å²) in [6.07, 6.45) is 0. The molecule has 0 aromatic heterocycles. The molecule has 2 N–H and O–H groups in total. The molecule has 0 atom stereocenters. The molecule has 0 aliphatic heterocycles. The molecule has 0 spiro atoms. The van der Waals surface area contributed by atoms with Gasteiger partial charge in [-0.3, -0.25) is 0 Å². The van der Waals surface area contributed by atoms with E-state index in [0.29, 0.717) is 36.8 Å². The van der Waals surface area contributed by atoms with Gasteiger partial charge in [-0.2, -0.15) is 0 Å². The van der Waals surface area contributed by atoms with Gasteiger partial charge in [0.25, 0.3) is 0 Å². The van der Waals surface area contributed by atoms with E-state index in [1.54, 1.807) is 12.1 Å². The molecule has 0 unspecified atom stereocenters. The van der Waals surface area contributed by atoms with E-state index in [1.807, 2.05) is 6.92 Å². The molecule has 0 amide bonds. The number of nitrogens with two attached hydrogens (primary N) is 1. The number of nitrogen functional groups attached to an aromatic ring is 1. The van der Waals surface area contributed by atoms with Crippen LogP contribution in [0.15, 0.2) is 18.2 Å². The molecule has 0 bridgehead atoms.